The van der Waals surface area contributed by atoms with Crippen molar-refractivity contribution in [2.75, 3.05) is 13.2 Å². The fourth-order valence-corrected chi connectivity index (χ4v) is 3.25. The number of hydrogen-bond acceptors (Lipinski definition) is 6. The molecule has 0 heterocycles. The Morgan fingerprint density at radius 1 is 1.43 bits per heavy atom. The van der Waals surface area contributed by atoms with E-state index in [2.05, 4.69) is 4.72 Å². The van der Waals surface area contributed by atoms with Crippen LogP contribution in [0.1, 0.15) is 22.3 Å². The number of carboxylic acid groups (broad SMARTS) is 1. The van der Waals surface area contributed by atoms with E-state index in [4.69, 9.17) is 10.2 Å². The van der Waals surface area contributed by atoms with Crippen LogP contribution in [-0.4, -0.2) is 42.7 Å². The molecule has 1 aromatic carbocycles. The van der Waals surface area contributed by atoms with Gasteiger partial charge < -0.3 is 10.2 Å². The van der Waals surface area contributed by atoms with Crippen LogP contribution in [0.3, 0.4) is 0 Å². The number of nitrogens with one attached hydrogen (secondary N) is 1. The van der Waals surface area contributed by atoms with Crippen LogP contribution in [-0.2, 0) is 10.0 Å². The van der Waals surface area contributed by atoms with Gasteiger partial charge in [-0.25, -0.2) is 17.9 Å². The van der Waals surface area contributed by atoms with Crippen LogP contribution >= 0.6 is 0 Å². The number of carboxylic acids is 1. The van der Waals surface area contributed by atoms with Crippen molar-refractivity contribution in [1.29, 1.82) is 0 Å². The van der Waals surface area contributed by atoms with Crippen molar-refractivity contribution >= 4 is 21.7 Å². The van der Waals surface area contributed by atoms with Crippen molar-refractivity contribution in [3.05, 3.63) is 33.4 Å². The Kier molecular flexibility index (Phi) is 5.35. The third-order valence-electron chi connectivity index (χ3n) is 2.64. The molecule has 0 aliphatic carbocycles. The summed E-state index contributed by atoms with van der Waals surface area (Å²) < 4.78 is 26.4. The summed E-state index contributed by atoms with van der Waals surface area (Å²) in [7, 11) is -4.24. The highest BCUT2D eigenvalue weighted by atomic mass is 32.2. The summed E-state index contributed by atoms with van der Waals surface area (Å²) in [5.74, 6) is -1.70. The normalized spacial score (nSPS) is 11.3. The lowest BCUT2D eigenvalue weighted by molar-refractivity contribution is -0.385. The molecule has 21 heavy (non-hydrogen) atoms. The molecule has 1 rings (SSSR count). The van der Waals surface area contributed by atoms with Crippen LogP contribution in [0.15, 0.2) is 17.0 Å². The molecular weight excluding hydrogens is 304 g/mol. The van der Waals surface area contributed by atoms with Crippen LogP contribution in [0.5, 0.6) is 0 Å². The Labute approximate surface area is 120 Å². The quantitative estimate of drug-likeness (QED) is 0.371. The monoisotopic (exact) mass is 318 g/mol. The fraction of sp³-hybridized carbons (Fsp3) is 0.364. The Bertz CT molecular complexity index is 669. The first-order chi connectivity index (χ1) is 9.72. The van der Waals surface area contributed by atoms with Gasteiger partial charge in [-0.3, -0.25) is 10.1 Å². The molecule has 0 bridgehead atoms. The molecule has 0 fully saturated rings. The number of benzene rings is 1. The zero-order chi connectivity index (χ0) is 16.2. The van der Waals surface area contributed by atoms with Gasteiger partial charge in [0.15, 0.2) is 5.56 Å². The number of aryl methyl sites for hydroxylation is 1. The summed E-state index contributed by atoms with van der Waals surface area (Å²) in [5, 5.41) is 28.6. The van der Waals surface area contributed by atoms with E-state index >= 15 is 0 Å². The number of aromatic carboxylic acids is 1. The fourth-order valence-electron chi connectivity index (χ4n) is 1.74. The zero-order valence-electron chi connectivity index (χ0n) is 11.1. The first-order valence-electron chi connectivity index (χ1n) is 5.84. The zero-order valence-corrected chi connectivity index (χ0v) is 11.9. The minimum absolute atomic E-state index is 0.0782. The van der Waals surface area contributed by atoms with Crippen LogP contribution in [0.2, 0.25) is 0 Å². The van der Waals surface area contributed by atoms with Crippen LogP contribution in [0, 0.1) is 17.0 Å². The van der Waals surface area contributed by atoms with E-state index in [0.717, 1.165) is 6.07 Å². The minimum atomic E-state index is -4.24. The highest BCUT2D eigenvalue weighted by Crippen LogP contribution is 2.29. The number of nitro groups is 1. The number of hydrogen-bond donors (Lipinski definition) is 3. The largest absolute Gasteiger partial charge is 0.477 e. The molecule has 0 amide bonds. The number of aliphatic hydroxyl groups excluding tert-OH is 1. The van der Waals surface area contributed by atoms with E-state index in [1.165, 1.54) is 13.0 Å². The van der Waals surface area contributed by atoms with Gasteiger partial charge in [0.1, 0.15) is 4.90 Å². The molecular formula is C11H14N2O7S. The molecule has 0 aliphatic heterocycles. The molecule has 0 saturated heterocycles. The molecule has 0 radical (unpaired) electrons. The molecule has 0 unspecified atom stereocenters. The van der Waals surface area contributed by atoms with E-state index in [0.29, 0.717) is 0 Å². The molecule has 3 N–H and O–H groups in total. The first kappa shape index (κ1) is 17.0. The predicted molar refractivity (Wildman–Crippen MR) is 71.7 cm³/mol. The van der Waals surface area contributed by atoms with Crippen molar-refractivity contribution < 1.29 is 28.3 Å². The third kappa shape index (κ3) is 3.74. The van der Waals surface area contributed by atoms with E-state index in [1.807, 2.05) is 0 Å². The van der Waals surface area contributed by atoms with Gasteiger partial charge in [0, 0.05) is 19.2 Å². The topological polar surface area (TPSA) is 147 Å². The average molecular weight is 318 g/mol. The number of rotatable bonds is 7. The minimum Gasteiger partial charge on any atom is -0.477 e. The van der Waals surface area contributed by atoms with Crippen LogP contribution in [0.25, 0.3) is 0 Å². The third-order valence-corrected chi connectivity index (χ3v) is 4.29. The van der Waals surface area contributed by atoms with Gasteiger partial charge in [0.25, 0.3) is 5.69 Å². The summed E-state index contributed by atoms with van der Waals surface area (Å²) in [6.07, 6.45) is 0.135. The van der Waals surface area contributed by atoms with Gasteiger partial charge in [-0.05, 0) is 18.9 Å². The molecule has 10 heteroatoms. The number of nitro benzene ring substituents is 1. The molecule has 0 saturated carbocycles. The number of aliphatic hydroxyl groups is 1. The Balaban J connectivity index is 3.50. The van der Waals surface area contributed by atoms with Crippen molar-refractivity contribution in [3.8, 4) is 0 Å². The molecule has 0 spiro atoms. The van der Waals surface area contributed by atoms with Gasteiger partial charge >= 0.3 is 5.97 Å². The van der Waals surface area contributed by atoms with E-state index in [1.54, 1.807) is 0 Å². The summed E-state index contributed by atoms with van der Waals surface area (Å²) in [6, 6.07) is 2.12. The van der Waals surface area contributed by atoms with Gasteiger partial charge in [0.2, 0.25) is 10.0 Å². The van der Waals surface area contributed by atoms with Gasteiger partial charge in [-0.2, -0.15) is 0 Å². The number of sulfonamides is 1. The van der Waals surface area contributed by atoms with Crippen molar-refractivity contribution in [3.63, 3.8) is 0 Å². The molecule has 9 nitrogen and oxygen atoms in total. The first-order valence-corrected chi connectivity index (χ1v) is 7.32. The standard InChI is InChI=1S/C11H14N2O7S/c1-7-3-4-8(13(17)18)9(11(15)16)10(7)21(19,20)12-5-2-6-14/h3-4,12,14H,2,5-6H2,1H3,(H,15,16). The summed E-state index contributed by atoms with van der Waals surface area (Å²) in [6.45, 7) is 0.985. The summed E-state index contributed by atoms with van der Waals surface area (Å²) >= 11 is 0. The SMILES string of the molecule is Cc1ccc([N+](=O)[O-])c(C(=O)O)c1S(=O)(=O)NCCCO. The number of nitrogens with zero attached hydrogens (tertiary/aromatic N) is 1. The smallest absolute Gasteiger partial charge is 0.344 e. The van der Waals surface area contributed by atoms with Crippen molar-refractivity contribution in [2.24, 2.45) is 0 Å². The van der Waals surface area contributed by atoms with Crippen LogP contribution < -0.4 is 4.72 Å². The van der Waals surface area contributed by atoms with E-state index < -0.39 is 37.1 Å². The second-order valence-electron chi connectivity index (χ2n) is 4.14. The molecule has 116 valence electrons. The van der Waals surface area contributed by atoms with Gasteiger partial charge in [-0.15, -0.1) is 0 Å². The molecule has 1 aromatic rings. The second-order valence-corrected chi connectivity index (χ2v) is 5.85. The van der Waals surface area contributed by atoms with Crippen molar-refractivity contribution in [2.45, 2.75) is 18.2 Å². The van der Waals surface area contributed by atoms with E-state index in [9.17, 15) is 23.3 Å². The van der Waals surface area contributed by atoms with Crippen molar-refractivity contribution in [1.82, 2.24) is 4.72 Å². The average Bonchev–Trinajstić information content (AvgIpc) is 2.37. The van der Waals surface area contributed by atoms with Crippen LogP contribution in [0.4, 0.5) is 5.69 Å². The molecule has 0 atom stereocenters. The maximum Gasteiger partial charge on any atom is 0.344 e. The Morgan fingerprint density at radius 2 is 2.05 bits per heavy atom. The Hall–Kier alpha value is -2.04. The lowest BCUT2D eigenvalue weighted by Crippen LogP contribution is -2.28. The number of carbonyl (C=O) groups is 1. The molecule has 0 aromatic heterocycles. The van der Waals surface area contributed by atoms with Gasteiger partial charge in [0.05, 0.1) is 4.92 Å². The lowest BCUT2D eigenvalue weighted by Gasteiger charge is -2.12. The van der Waals surface area contributed by atoms with Gasteiger partial charge in [-0.1, -0.05) is 6.07 Å². The van der Waals surface area contributed by atoms with E-state index in [-0.39, 0.29) is 25.1 Å². The second kappa shape index (κ2) is 6.61. The Morgan fingerprint density at radius 3 is 2.52 bits per heavy atom. The maximum absolute atomic E-state index is 12.1. The maximum atomic E-state index is 12.1. The summed E-state index contributed by atoms with van der Waals surface area (Å²) in [4.78, 5) is 20.5. The lowest BCUT2D eigenvalue weighted by atomic mass is 10.1. The highest BCUT2D eigenvalue weighted by molar-refractivity contribution is 7.89. The summed E-state index contributed by atoms with van der Waals surface area (Å²) in [5.41, 5.74) is -1.60. The molecule has 0 aliphatic rings. The predicted octanol–water partition coefficient (Wildman–Crippen LogP) is 0.262. The highest BCUT2D eigenvalue weighted by Gasteiger charge is 2.32.